The Morgan fingerprint density at radius 1 is 1.65 bits per heavy atom. The van der Waals surface area contributed by atoms with Crippen LogP contribution in [0.3, 0.4) is 0 Å². The second-order valence-corrected chi connectivity index (χ2v) is 6.11. The number of carbonyl (C=O) groups is 1. The van der Waals surface area contributed by atoms with Gasteiger partial charge in [0.1, 0.15) is 0 Å². The summed E-state index contributed by atoms with van der Waals surface area (Å²) in [6.07, 6.45) is 3.31. The van der Waals surface area contributed by atoms with Gasteiger partial charge in [-0.2, -0.15) is 5.10 Å². The van der Waals surface area contributed by atoms with Gasteiger partial charge in [-0.1, -0.05) is 0 Å². The molecule has 0 aliphatic carbocycles. The summed E-state index contributed by atoms with van der Waals surface area (Å²) in [5, 5.41) is 6.03. The zero-order valence-corrected chi connectivity index (χ0v) is 12.0. The predicted octanol–water partition coefficient (Wildman–Crippen LogP) is 2.52. The zero-order chi connectivity index (χ0) is 12.4. The lowest BCUT2D eigenvalue weighted by Crippen LogP contribution is -2.25. The third-order valence-corrected chi connectivity index (χ3v) is 3.89. The summed E-state index contributed by atoms with van der Waals surface area (Å²) in [5.41, 5.74) is 1.74. The van der Waals surface area contributed by atoms with Crippen molar-refractivity contribution in [3.05, 3.63) is 38.8 Å². The lowest BCUT2D eigenvalue weighted by molar-refractivity contribution is 0.0785. The molecule has 90 valence electrons. The molecule has 0 unspecified atom stereocenters. The first-order valence-electron chi connectivity index (χ1n) is 5.03. The minimum Gasteiger partial charge on any atom is -0.337 e. The van der Waals surface area contributed by atoms with Gasteiger partial charge in [-0.25, -0.2) is 0 Å². The third kappa shape index (κ3) is 2.95. The van der Waals surface area contributed by atoms with Crippen LogP contribution in [0.15, 0.2) is 27.6 Å². The van der Waals surface area contributed by atoms with E-state index < -0.39 is 0 Å². The largest absolute Gasteiger partial charge is 0.337 e. The van der Waals surface area contributed by atoms with E-state index in [1.807, 2.05) is 11.4 Å². The van der Waals surface area contributed by atoms with E-state index in [4.69, 9.17) is 0 Å². The molecular formula is C11H12BrN3OS. The second kappa shape index (κ2) is 5.01. The summed E-state index contributed by atoms with van der Waals surface area (Å²) in [4.78, 5) is 13.7. The molecule has 2 heterocycles. The number of nitrogens with zero attached hydrogens (tertiary/aromatic N) is 3. The van der Waals surface area contributed by atoms with E-state index in [0.717, 1.165) is 9.35 Å². The van der Waals surface area contributed by atoms with Gasteiger partial charge in [0.25, 0.3) is 5.91 Å². The van der Waals surface area contributed by atoms with Crippen LogP contribution in [0.25, 0.3) is 0 Å². The molecule has 17 heavy (non-hydrogen) atoms. The summed E-state index contributed by atoms with van der Waals surface area (Å²) in [6.45, 7) is 0.607. The van der Waals surface area contributed by atoms with Gasteiger partial charge in [0.05, 0.1) is 15.5 Å². The third-order valence-electron chi connectivity index (χ3n) is 2.34. The molecule has 0 radical (unpaired) electrons. The van der Waals surface area contributed by atoms with Crippen molar-refractivity contribution < 1.29 is 4.79 Å². The predicted molar refractivity (Wildman–Crippen MR) is 71.0 cm³/mol. The average Bonchev–Trinajstić information content (AvgIpc) is 2.87. The van der Waals surface area contributed by atoms with Gasteiger partial charge in [0.15, 0.2) is 0 Å². The normalized spacial score (nSPS) is 10.5. The van der Waals surface area contributed by atoms with Gasteiger partial charge in [-0.3, -0.25) is 9.48 Å². The van der Waals surface area contributed by atoms with Crippen LogP contribution in [-0.4, -0.2) is 27.6 Å². The number of halogens is 1. The van der Waals surface area contributed by atoms with Crippen molar-refractivity contribution in [3.8, 4) is 0 Å². The number of hydrogen-bond acceptors (Lipinski definition) is 3. The molecule has 0 saturated carbocycles. The fraction of sp³-hybridized carbons (Fsp3) is 0.273. The highest BCUT2D eigenvalue weighted by Crippen LogP contribution is 2.21. The Bertz CT molecular complexity index is 534. The van der Waals surface area contributed by atoms with E-state index >= 15 is 0 Å². The number of hydrogen-bond donors (Lipinski definition) is 0. The van der Waals surface area contributed by atoms with E-state index in [9.17, 15) is 4.79 Å². The van der Waals surface area contributed by atoms with Crippen molar-refractivity contribution in [2.75, 3.05) is 7.05 Å². The van der Waals surface area contributed by atoms with Crippen molar-refractivity contribution in [1.82, 2.24) is 14.7 Å². The first-order valence-corrected chi connectivity index (χ1v) is 6.70. The summed E-state index contributed by atoms with van der Waals surface area (Å²) in [6, 6.07) is 2.03. The number of amides is 1. The van der Waals surface area contributed by atoms with Crippen LogP contribution in [0, 0.1) is 0 Å². The van der Waals surface area contributed by atoms with E-state index in [1.165, 1.54) is 0 Å². The van der Waals surface area contributed by atoms with Crippen LogP contribution >= 0.6 is 27.3 Å². The van der Waals surface area contributed by atoms with Crippen LogP contribution in [0.4, 0.5) is 0 Å². The molecule has 6 heteroatoms. The van der Waals surface area contributed by atoms with Crippen LogP contribution in [0.5, 0.6) is 0 Å². The van der Waals surface area contributed by atoms with E-state index in [1.54, 1.807) is 47.4 Å². The van der Waals surface area contributed by atoms with E-state index in [0.29, 0.717) is 12.1 Å². The van der Waals surface area contributed by atoms with Gasteiger partial charge in [0.2, 0.25) is 0 Å². The SMILES string of the molecule is CN(Cc1csc(Br)c1)C(=O)c1cnn(C)c1. The highest BCUT2D eigenvalue weighted by molar-refractivity contribution is 9.11. The van der Waals surface area contributed by atoms with Crippen LogP contribution < -0.4 is 0 Å². The fourth-order valence-corrected chi connectivity index (χ4v) is 2.73. The molecule has 0 aliphatic rings. The van der Waals surface area contributed by atoms with Gasteiger partial charge < -0.3 is 4.90 Å². The number of thiophene rings is 1. The highest BCUT2D eigenvalue weighted by atomic mass is 79.9. The van der Waals surface area contributed by atoms with Gasteiger partial charge in [-0.05, 0) is 32.9 Å². The molecule has 0 spiro atoms. The monoisotopic (exact) mass is 313 g/mol. The maximum atomic E-state index is 12.0. The van der Waals surface area contributed by atoms with Gasteiger partial charge in [-0.15, -0.1) is 11.3 Å². The lowest BCUT2D eigenvalue weighted by atomic mass is 10.2. The Labute approximate surface area is 112 Å². The summed E-state index contributed by atoms with van der Waals surface area (Å²) in [7, 11) is 3.59. The minimum atomic E-state index is -0.0135. The van der Waals surface area contributed by atoms with Crippen molar-refractivity contribution in [2.45, 2.75) is 6.54 Å². The quantitative estimate of drug-likeness (QED) is 0.873. The molecule has 4 nitrogen and oxygen atoms in total. The highest BCUT2D eigenvalue weighted by Gasteiger charge is 2.14. The first kappa shape index (κ1) is 12.3. The topological polar surface area (TPSA) is 38.1 Å². The molecule has 0 atom stereocenters. The van der Waals surface area contributed by atoms with Crippen LogP contribution in [0.2, 0.25) is 0 Å². The van der Waals surface area contributed by atoms with E-state index in [2.05, 4.69) is 21.0 Å². The fourth-order valence-electron chi connectivity index (χ4n) is 1.53. The van der Waals surface area contributed by atoms with E-state index in [-0.39, 0.29) is 5.91 Å². The smallest absolute Gasteiger partial charge is 0.257 e. The second-order valence-electron chi connectivity index (χ2n) is 3.82. The Balaban J connectivity index is 2.05. The molecule has 0 N–H and O–H groups in total. The molecule has 0 fully saturated rings. The first-order chi connectivity index (χ1) is 8.06. The maximum Gasteiger partial charge on any atom is 0.257 e. The number of aromatic nitrogens is 2. The summed E-state index contributed by atoms with van der Waals surface area (Å²) in [5.74, 6) is -0.0135. The molecule has 0 bridgehead atoms. The summed E-state index contributed by atoms with van der Waals surface area (Å²) < 4.78 is 2.71. The maximum absolute atomic E-state index is 12.0. The van der Waals surface area contributed by atoms with Gasteiger partial charge in [0, 0.05) is 26.8 Å². The Morgan fingerprint density at radius 2 is 2.41 bits per heavy atom. The molecule has 0 aliphatic heterocycles. The minimum absolute atomic E-state index is 0.0135. The number of rotatable bonds is 3. The van der Waals surface area contributed by atoms with Crippen molar-refractivity contribution in [3.63, 3.8) is 0 Å². The molecular weight excluding hydrogens is 302 g/mol. The molecule has 2 aromatic rings. The van der Waals surface area contributed by atoms with Crippen LogP contribution in [0.1, 0.15) is 15.9 Å². The standard InChI is InChI=1S/C11H12BrN3OS/c1-14(5-8-3-10(12)17-7-8)11(16)9-4-13-15(2)6-9/h3-4,6-7H,5H2,1-2H3. The molecule has 2 rings (SSSR count). The average molecular weight is 314 g/mol. The van der Waals surface area contributed by atoms with Gasteiger partial charge >= 0.3 is 0 Å². The van der Waals surface area contributed by atoms with Crippen LogP contribution in [-0.2, 0) is 13.6 Å². The summed E-state index contributed by atoms with van der Waals surface area (Å²) >= 11 is 5.03. The number of aryl methyl sites for hydroxylation is 1. The molecule has 1 amide bonds. The Kier molecular flexibility index (Phi) is 3.63. The zero-order valence-electron chi connectivity index (χ0n) is 9.55. The number of carbonyl (C=O) groups excluding carboxylic acids is 1. The molecule has 2 aromatic heterocycles. The van der Waals surface area contributed by atoms with Crippen molar-refractivity contribution in [2.24, 2.45) is 7.05 Å². The van der Waals surface area contributed by atoms with Crippen molar-refractivity contribution in [1.29, 1.82) is 0 Å². The Morgan fingerprint density at radius 3 is 2.94 bits per heavy atom. The Hall–Kier alpha value is -1.14. The lowest BCUT2D eigenvalue weighted by Gasteiger charge is -2.15. The molecule has 0 saturated heterocycles. The van der Waals surface area contributed by atoms with Crippen molar-refractivity contribution >= 4 is 33.2 Å². The molecule has 0 aromatic carbocycles.